The average Bonchev–Trinajstić information content (AvgIpc) is 2.34. The summed E-state index contributed by atoms with van der Waals surface area (Å²) in [5, 5.41) is 8.55. The van der Waals surface area contributed by atoms with E-state index in [4.69, 9.17) is 4.74 Å². The number of hydrogen-bond donors (Lipinski definition) is 2. The second kappa shape index (κ2) is 7.60. The summed E-state index contributed by atoms with van der Waals surface area (Å²) < 4.78 is 5.38. The Bertz CT molecular complexity index is 408. The van der Waals surface area contributed by atoms with Gasteiger partial charge in [0, 0.05) is 25.8 Å². The molecule has 1 aromatic rings. The normalized spacial score (nSPS) is 10.6. The van der Waals surface area contributed by atoms with Crippen LogP contribution in [0.15, 0.2) is 16.9 Å². The van der Waals surface area contributed by atoms with Crippen molar-refractivity contribution in [3.8, 4) is 0 Å². The summed E-state index contributed by atoms with van der Waals surface area (Å²) in [7, 11) is 0. The van der Waals surface area contributed by atoms with Crippen LogP contribution in [0.4, 0.5) is 0 Å². The smallest absolute Gasteiger partial charge is 0.271 e. The molecule has 0 atom stereocenters. The number of carbonyl (C=O) groups excluding carboxylic acids is 1. The van der Waals surface area contributed by atoms with Crippen LogP contribution < -0.4 is 10.9 Å². The van der Waals surface area contributed by atoms with Gasteiger partial charge in [0.15, 0.2) is 0 Å². The van der Waals surface area contributed by atoms with Crippen LogP contribution in [0, 0.1) is 5.92 Å². The fraction of sp³-hybridized carbons (Fsp3) is 0.583. The average molecular weight is 253 g/mol. The number of aromatic amines is 1. The summed E-state index contributed by atoms with van der Waals surface area (Å²) in [6, 6.07) is 2.66. The van der Waals surface area contributed by atoms with Gasteiger partial charge in [0.05, 0.1) is 0 Å². The van der Waals surface area contributed by atoms with Gasteiger partial charge in [0.2, 0.25) is 0 Å². The van der Waals surface area contributed by atoms with Crippen LogP contribution in [0.1, 0.15) is 30.8 Å². The van der Waals surface area contributed by atoms with Gasteiger partial charge >= 0.3 is 0 Å². The molecule has 0 aromatic carbocycles. The van der Waals surface area contributed by atoms with Crippen molar-refractivity contribution < 1.29 is 9.53 Å². The summed E-state index contributed by atoms with van der Waals surface area (Å²) in [5.41, 5.74) is -0.119. The van der Waals surface area contributed by atoms with Gasteiger partial charge in [-0.1, -0.05) is 13.8 Å². The molecule has 0 aliphatic rings. The van der Waals surface area contributed by atoms with Gasteiger partial charge in [0.1, 0.15) is 5.69 Å². The van der Waals surface area contributed by atoms with Crippen molar-refractivity contribution in [2.24, 2.45) is 5.92 Å². The Morgan fingerprint density at radius 1 is 1.50 bits per heavy atom. The quantitative estimate of drug-likeness (QED) is 0.695. The summed E-state index contributed by atoms with van der Waals surface area (Å²) in [4.78, 5) is 22.3. The monoisotopic (exact) mass is 253 g/mol. The van der Waals surface area contributed by atoms with Crippen molar-refractivity contribution in [3.63, 3.8) is 0 Å². The first kappa shape index (κ1) is 14.4. The molecule has 0 bridgehead atoms. The first-order valence-corrected chi connectivity index (χ1v) is 6.01. The Balaban J connectivity index is 2.17. The molecule has 6 nitrogen and oxygen atoms in total. The Morgan fingerprint density at radius 2 is 2.28 bits per heavy atom. The van der Waals surface area contributed by atoms with Crippen LogP contribution in [0.5, 0.6) is 0 Å². The van der Waals surface area contributed by atoms with Gasteiger partial charge in [0.25, 0.3) is 11.5 Å². The maximum absolute atomic E-state index is 11.6. The number of amides is 1. The molecule has 1 aromatic heterocycles. The van der Waals surface area contributed by atoms with Crippen molar-refractivity contribution in [1.82, 2.24) is 15.5 Å². The maximum atomic E-state index is 11.6. The van der Waals surface area contributed by atoms with Gasteiger partial charge in [-0.15, -0.1) is 0 Å². The summed E-state index contributed by atoms with van der Waals surface area (Å²) in [6.45, 7) is 6.05. The minimum Gasteiger partial charge on any atom is -0.381 e. The van der Waals surface area contributed by atoms with E-state index in [0.29, 0.717) is 19.1 Å². The topological polar surface area (TPSA) is 84.1 Å². The predicted octanol–water partition coefficient (Wildman–Crippen LogP) is 0.562. The van der Waals surface area contributed by atoms with Crippen LogP contribution >= 0.6 is 0 Å². The van der Waals surface area contributed by atoms with Crippen LogP contribution in [-0.4, -0.2) is 35.9 Å². The number of ether oxygens (including phenoxy) is 1. The number of nitrogens with zero attached hydrogens (tertiary/aromatic N) is 1. The third kappa shape index (κ3) is 5.58. The molecule has 1 amide bonds. The lowest BCUT2D eigenvalue weighted by Crippen LogP contribution is -2.27. The van der Waals surface area contributed by atoms with E-state index in [0.717, 1.165) is 13.0 Å². The zero-order chi connectivity index (χ0) is 13.4. The van der Waals surface area contributed by atoms with Crippen LogP contribution in [0.2, 0.25) is 0 Å². The molecular formula is C12H19N3O3. The molecular weight excluding hydrogens is 234 g/mol. The van der Waals surface area contributed by atoms with Crippen molar-refractivity contribution in [2.75, 3.05) is 19.8 Å². The molecule has 0 fully saturated rings. The lowest BCUT2D eigenvalue weighted by atomic mass is 10.2. The van der Waals surface area contributed by atoms with Crippen molar-refractivity contribution in [3.05, 3.63) is 28.2 Å². The van der Waals surface area contributed by atoms with E-state index in [9.17, 15) is 9.59 Å². The third-order valence-corrected chi connectivity index (χ3v) is 2.11. The fourth-order valence-corrected chi connectivity index (χ4v) is 1.26. The Kier molecular flexibility index (Phi) is 6.07. The van der Waals surface area contributed by atoms with E-state index < -0.39 is 0 Å². The molecule has 1 rings (SSSR count). The third-order valence-electron chi connectivity index (χ3n) is 2.11. The van der Waals surface area contributed by atoms with Crippen molar-refractivity contribution >= 4 is 5.91 Å². The number of nitrogens with one attached hydrogen (secondary N) is 2. The molecule has 0 unspecified atom stereocenters. The molecule has 100 valence electrons. The van der Waals surface area contributed by atoms with Gasteiger partial charge in [-0.05, 0) is 18.4 Å². The highest BCUT2D eigenvalue weighted by Crippen LogP contribution is 1.93. The van der Waals surface area contributed by atoms with Crippen LogP contribution in [0.25, 0.3) is 0 Å². The highest BCUT2D eigenvalue weighted by atomic mass is 16.5. The van der Waals surface area contributed by atoms with Crippen molar-refractivity contribution in [1.29, 1.82) is 0 Å². The first-order chi connectivity index (χ1) is 8.59. The second-order valence-corrected chi connectivity index (χ2v) is 4.38. The summed E-state index contributed by atoms with van der Waals surface area (Å²) in [5.74, 6) is 0.222. The highest BCUT2D eigenvalue weighted by Gasteiger charge is 2.05. The van der Waals surface area contributed by atoms with Crippen LogP contribution in [-0.2, 0) is 4.74 Å². The lowest BCUT2D eigenvalue weighted by molar-refractivity contribution is 0.0919. The largest absolute Gasteiger partial charge is 0.381 e. The summed E-state index contributed by atoms with van der Waals surface area (Å²) in [6.07, 6.45) is 0.752. The van der Waals surface area contributed by atoms with E-state index in [1.165, 1.54) is 12.1 Å². The number of carbonyl (C=O) groups is 1. The Hall–Kier alpha value is -1.69. The molecule has 18 heavy (non-hydrogen) atoms. The number of rotatable bonds is 7. The van der Waals surface area contributed by atoms with E-state index in [1.807, 2.05) is 0 Å². The van der Waals surface area contributed by atoms with Crippen molar-refractivity contribution in [2.45, 2.75) is 20.3 Å². The number of H-pyrrole nitrogens is 1. The van der Waals surface area contributed by atoms with E-state index in [-0.39, 0.29) is 17.2 Å². The van der Waals surface area contributed by atoms with Gasteiger partial charge in [-0.25, -0.2) is 5.10 Å². The number of hydrogen-bond acceptors (Lipinski definition) is 4. The number of aromatic nitrogens is 2. The van der Waals surface area contributed by atoms with E-state index in [2.05, 4.69) is 29.4 Å². The Labute approximate surface area is 106 Å². The minimum atomic E-state index is -0.325. The minimum absolute atomic E-state index is 0.206. The molecule has 0 spiro atoms. The molecule has 2 N–H and O–H groups in total. The van der Waals surface area contributed by atoms with Gasteiger partial charge < -0.3 is 10.1 Å². The summed E-state index contributed by atoms with van der Waals surface area (Å²) >= 11 is 0. The standard InChI is InChI=1S/C12H19N3O3/c1-9(2)8-18-7-3-6-13-12(17)10-4-5-11(16)15-14-10/h4-5,9H,3,6-8H2,1-2H3,(H,13,17)(H,15,16). The molecule has 6 heteroatoms. The van der Waals surface area contributed by atoms with E-state index >= 15 is 0 Å². The van der Waals surface area contributed by atoms with Gasteiger partial charge in [-0.2, -0.15) is 5.10 Å². The molecule has 0 saturated carbocycles. The van der Waals surface area contributed by atoms with Crippen LogP contribution in [0.3, 0.4) is 0 Å². The van der Waals surface area contributed by atoms with Gasteiger partial charge in [-0.3, -0.25) is 9.59 Å². The second-order valence-electron chi connectivity index (χ2n) is 4.38. The molecule has 0 aliphatic heterocycles. The lowest BCUT2D eigenvalue weighted by Gasteiger charge is -2.07. The fourth-order valence-electron chi connectivity index (χ4n) is 1.26. The molecule has 0 saturated heterocycles. The first-order valence-electron chi connectivity index (χ1n) is 6.01. The SMILES string of the molecule is CC(C)COCCCNC(=O)c1ccc(=O)[nH]n1. The molecule has 0 aliphatic carbocycles. The Morgan fingerprint density at radius 3 is 2.89 bits per heavy atom. The highest BCUT2D eigenvalue weighted by molar-refractivity contribution is 5.91. The molecule has 1 heterocycles. The predicted molar refractivity (Wildman–Crippen MR) is 67.5 cm³/mol. The maximum Gasteiger partial charge on any atom is 0.271 e. The van der Waals surface area contributed by atoms with E-state index in [1.54, 1.807) is 0 Å². The zero-order valence-corrected chi connectivity index (χ0v) is 10.7. The zero-order valence-electron chi connectivity index (χ0n) is 10.7. The molecule has 0 radical (unpaired) electrons.